The van der Waals surface area contributed by atoms with Gasteiger partial charge in [-0.25, -0.2) is 4.98 Å². The van der Waals surface area contributed by atoms with Crippen LogP contribution in [-0.2, 0) is 12.7 Å². The molecule has 2 aromatic rings. The highest BCUT2D eigenvalue weighted by Crippen LogP contribution is 2.30. The van der Waals surface area contributed by atoms with Gasteiger partial charge in [-0.05, 0) is 55.8 Å². The van der Waals surface area contributed by atoms with Crippen molar-refractivity contribution in [2.24, 2.45) is 0 Å². The van der Waals surface area contributed by atoms with Crippen molar-refractivity contribution in [3.8, 4) is 0 Å². The van der Waals surface area contributed by atoms with Gasteiger partial charge in [-0.15, -0.1) is 0 Å². The van der Waals surface area contributed by atoms with Gasteiger partial charge in [0.05, 0.1) is 12.1 Å². The van der Waals surface area contributed by atoms with Crippen molar-refractivity contribution in [3.05, 3.63) is 58.7 Å². The van der Waals surface area contributed by atoms with E-state index in [9.17, 15) is 18.3 Å². The molecular formula is C22H26ClF3N4O. The van der Waals surface area contributed by atoms with Crippen LogP contribution in [0.25, 0.3) is 0 Å². The number of halogens is 4. The highest BCUT2D eigenvalue weighted by molar-refractivity contribution is 6.30. The minimum Gasteiger partial charge on any atom is -0.390 e. The van der Waals surface area contributed by atoms with Gasteiger partial charge in [-0.1, -0.05) is 29.8 Å². The number of rotatable bonds is 5. The average Bonchev–Trinajstić information content (AvgIpc) is 3.11. The fourth-order valence-corrected chi connectivity index (χ4v) is 4.43. The molecule has 2 fully saturated rings. The third-order valence-corrected chi connectivity index (χ3v) is 6.25. The van der Waals surface area contributed by atoms with Crippen molar-refractivity contribution in [2.75, 3.05) is 31.1 Å². The van der Waals surface area contributed by atoms with Crippen LogP contribution in [0.2, 0.25) is 5.02 Å². The summed E-state index contributed by atoms with van der Waals surface area (Å²) in [6.45, 7) is 3.47. The van der Waals surface area contributed by atoms with Gasteiger partial charge in [0.1, 0.15) is 11.5 Å². The number of piperidine rings is 1. The largest absolute Gasteiger partial charge is 0.433 e. The van der Waals surface area contributed by atoms with Crippen LogP contribution in [0.5, 0.6) is 0 Å². The summed E-state index contributed by atoms with van der Waals surface area (Å²) in [5, 5.41) is 14.7. The number of benzene rings is 1. The predicted molar refractivity (Wildman–Crippen MR) is 114 cm³/mol. The molecule has 2 N–H and O–H groups in total. The Morgan fingerprint density at radius 1 is 1.06 bits per heavy atom. The van der Waals surface area contributed by atoms with Crippen molar-refractivity contribution >= 4 is 17.4 Å². The number of anilines is 1. The second-order valence-corrected chi connectivity index (χ2v) is 8.74. The summed E-state index contributed by atoms with van der Waals surface area (Å²) in [5.41, 5.74) is 0.315. The van der Waals surface area contributed by atoms with Gasteiger partial charge in [0.2, 0.25) is 0 Å². The zero-order valence-corrected chi connectivity index (χ0v) is 17.8. The lowest BCUT2D eigenvalue weighted by molar-refractivity contribution is -0.141. The number of aromatic nitrogens is 1. The Morgan fingerprint density at radius 2 is 1.77 bits per heavy atom. The maximum Gasteiger partial charge on any atom is 0.433 e. The molecule has 4 rings (SSSR count). The Hall–Kier alpha value is -1.87. The Balaban J connectivity index is 1.28. The number of nitrogens with one attached hydrogen (secondary N) is 1. The first kappa shape index (κ1) is 22.3. The molecule has 31 heavy (non-hydrogen) atoms. The number of β-amino-alcohol motifs (C(OH)–C–C–N with tert-alkyl or cyclic N) is 1. The van der Waals surface area contributed by atoms with Gasteiger partial charge in [0.15, 0.2) is 0 Å². The molecule has 0 aliphatic carbocycles. The summed E-state index contributed by atoms with van der Waals surface area (Å²) >= 11 is 5.94. The topological polar surface area (TPSA) is 51.6 Å². The molecule has 168 valence electrons. The van der Waals surface area contributed by atoms with Crippen LogP contribution in [0.1, 0.15) is 24.1 Å². The van der Waals surface area contributed by atoms with Crippen molar-refractivity contribution in [2.45, 2.75) is 43.8 Å². The van der Waals surface area contributed by atoms with Gasteiger partial charge >= 0.3 is 6.18 Å². The number of likely N-dealkylation sites (tertiary alicyclic amines) is 1. The van der Waals surface area contributed by atoms with E-state index in [1.54, 1.807) is 11.0 Å². The Bertz CT molecular complexity index is 872. The number of hydrogen-bond donors (Lipinski definition) is 2. The Labute approximate surface area is 184 Å². The third-order valence-electron chi connectivity index (χ3n) is 5.99. The molecule has 9 heteroatoms. The number of pyridine rings is 1. The van der Waals surface area contributed by atoms with Gasteiger partial charge in [0.25, 0.3) is 0 Å². The lowest BCUT2D eigenvalue weighted by Gasteiger charge is -2.34. The predicted octanol–water partition coefficient (Wildman–Crippen LogP) is 3.56. The van der Waals surface area contributed by atoms with Gasteiger partial charge in [-0.2, -0.15) is 13.2 Å². The maximum atomic E-state index is 13.0. The number of nitrogens with zero attached hydrogens (tertiary/aromatic N) is 3. The standard InChI is InChI=1S/C22H26ClF3N4O/c23-16-6-4-15(5-7-16)12-29-10-8-17(9-11-29)27-18-13-30(14-19(18)31)21-3-1-2-20(28-21)22(24,25)26/h1-7,17-19,27,31H,8-14H2/t18-,19-/m0/s1. The molecule has 2 aliphatic heterocycles. The number of aliphatic hydroxyl groups is 1. The summed E-state index contributed by atoms with van der Waals surface area (Å²) in [4.78, 5) is 7.85. The molecule has 0 radical (unpaired) electrons. The van der Waals surface area contributed by atoms with Crippen molar-refractivity contribution in [1.29, 1.82) is 0 Å². The van der Waals surface area contributed by atoms with Crippen LogP contribution in [0.15, 0.2) is 42.5 Å². The van der Waals surface area contributed by atoms with E-state index in [4.69, 9.17) is 11.6 Å². The van der Waals surface area contributed by atoms with Crippen molar-refractivity contribution in [3.63, 3.8) is 0 Å². The molecule has 2 atom stereocenters. The molecule has 0 unspecified atom stereocenters. The van der Waals surface area contributed by atoms with Crippen LogP contribution in [0.3, 0.4) is 0 Å². The van der Waals surface area contributed by atoms with E-state index >= 15 is 0 Å². The quantitative estimate of drug-likeness (QED) is 0.723. The van der Waals surface area contributed by atoms with Crippen LogP contribution >= 0.6 is 11.6 Å². The van der Waals surface area contributed by atoms with Gasteiger partial charge in [0, 0.05) is 30.7 Å². The van der Waals surface area contributed by atoms with E-state index in [-0.39, 0.29) is 24.4 Å². The van der Waals surface area contributed by atoms with E-state index in [1.165, 1.54) is 11.6 Å². The third kappa shape index (κ3) is 5.68. The van der Waals surface area contributed by atoms with Crippen LogP contribution in [-0.4, -0.2) is 59.4 Å². The molecule has 0 spiro atoms. The summed E-state index contributed by atoms with van der Waals surface area (Å²) in [7, 11) is 0. The second-order valence-electron chi connectivity index (χ2n) is 8.30. The summed E-state index contributed by atoms with van der Waals surface area (Å²) < 4.78 is 38.9. The van der Waals surface area contributed by atoms with Crippen molar-refractivity contribution < 1.29 is 18.3 Å². The molecule has 0 amide bonds. The van der Waals surface area contributed by atoms with Gasteiger partial charge < -0.3 is 15.3 Å². The molecule has 3 heterocycles. The normalized spacial score (nSPS) is 23.5. The monoisotopic (exact) mass is 454 g/mol. The first-order valence-electron chi connectivity index (χ1n) is 10.5. The smallest absolute Gasteiger partial charge is 0.390 e. The number of aliphatic hydroxyl groups excluding tert-OH is 1. The van der Waals surface area contributed by atoms with Crippen LogP contribution < -0.4 is 10.2 Å². The SMILES string of the molecule is O[C@H]1CN(c2cccc(C(F)(F)F)n2)C[C@@H]1NC1CCN(Cc2ccc(Cl)cc2)CC1. The van der Waals surface area contributed by atoms with Crippen molar-refractivity contribution in [1.82, 2.24) is 15.2 Å². The average molecular weight is 455 g/mol. The lowest BCUT2D eigenvalue weighted by atomic mass is 10.0. The molecule has 0 bridgehead atoms. The molecule has 0 saturated carbocycles. The Kier molecular flexibility index (Phi) is 6.71. The van der Waals surface area contributed by atoms with E-state index in [0.29, 0.717) is 6.54 Å². The fourth-order valence-electron chi connectivity index (χ4n) is 4.30. The van der Waals surface area contributed by atoms with E-state index in [1.807, 2.05) is 24.3 Å². The highest BCUT2D eigenvalue weighted by atomic mass is 35.5. The first-order valence-corrected chi connectivity index (χ1v) is 10.9. The van der Waals surface area contributed by atoms with E-state index in [2.05, 4.69) is 15.2 Å². The minimum absolute atomic E-state index is 0.191. The van der Waals surface area contributed by atoms with Crippen LogP contribution in [0, 0.1) is 0 Å². The zero-order valence-electron chi connectivity index (χ0n) is 17.0. The first-order chi connectivity index (χ1) is 14.8. The van der Waals surface area contributed by atoms with Crippen LogP contribution in [0.4, 0.5) is 19.0 Å². The minimum atomic E-state index is -4.48. The number of hydrogen-bond acceptors (Lipinski definition) is 5. The summed E-state index contributed by atoms with van der Waals surface area (Å²) in [5.74, 6) is 0.246. The number of alkyl halides is 3. The zero-order chi connectivity index (χ0) is 22.0. The van der Waals surface area contributed by atoms with Gasteiger partial charge in [-0.3, -0.25) is 4.90 Å². The second kappa shape index (κ2) is 9.32. The molecule has 1 aromatic heterocycles. The molecule has 2 aliphatic rings. The molecule has 5 nitrogen and oxygen atoms in total. The fraction of sp³-hybridized carbons (Fsp3) is 0.500. The highest BCUT2D eigenvalue weighted by Gasteiger charge is 2.36. The molecule has 1 aromatic carbocycles. The van der Waals surface area contributed by atoms with E-state index in [0.717, 1.165) is 43.6 Å². The summed E-state index contributed by atoms with van der Waals surface area (Å²) in [6, 6.07) is 11.8. The molecular weight excluding hydrogens is 429 g/mol. The summed E-state index contributed by atoms with van der Waals surface area (Å²) in [6.07, 6.45) is -3.22. The Morgan fingerprint density at radius 3 is 2.45 bits per heavy atom. The lowest BCUT2D eigenvalue weighted by Crippen LogP contribution is -2.49. The van der Waals surface area contributed by atoms with E-state index < -0.39 is 18.0 Å². The molecule has 2 saturated heterocycles. The maximum absolute atomic E-state index is 13.0.